The highest BCUT2D eigenvalue weighted by Gasteiger charge is 2.03. The molecule has 15 heavy (non-hydrogen) atoms. The van der Waals surface area contributed by atoms with E-state index in [1.165, 1.54) is 16.3 Å². The standard InChI is InChI=1S/C13H13BrN/c1-9(15)6-10-7-11-4-2-3-5-12(11)13(14)8-10/h2-5,7-9,15H,6H2,1H3. The first-order chi connectivity index (χ1) is 7.16. The zero-order valence-electron chi connectivity index (χ0n) is 8.63. The molecule has 0 aliphatic rings. The normalized spacial score (nSPS) is 13.0. The lowest BCUT2D eigenvalue weighted by Crippen LogP contribution is -2.06. The molecule has 0 spiro atoms. The van der Waals surface area contributed by atoms with Crippen molar-refractivity contribution in [3.8, 4) is 0 Å². The first kappa shape index (κ1) is 10.7. The fraction of sp³-hybridized carbons (Fsp3) is 0.231. The second-order valence-electron chi connectivity index (χ2n) is 3.90. The van der Waals surface area contributed by atoms with Crippen LogP contribution in [-0.2, 0) is 6.42 Å². The average Bonchev–Trinajstić information content (AvgIpc) is 2.16. The van der Waals surface area contributed by atoms with Crippen LogP contribution in [-0.4, -0.2) is 6.04 Å². The Morgan fingerprint density at radius 2 is 2.00 bits per heavy atom. The van der Waals surface area contributed by atoms with Gasteiger partial charge in [0.1, 0.15) is 0 Å². The van der Waals surface area contributed by atoms with Crippen molar-refractivity contribution in [2.75, 3.05) is 0 Å². The highest BCUT2D eigenvalue weighted by Crippen LogP contribution is 2.26. The molecule has 0 aliphatic heterocycles. The maximum absolute atomic E-state index is 7.58. The first-order valence-corrected chi connectivity index (χ1v) is 5.84. The third kappa shape index (κ3) is 2.39. The van der Waals surface area contributed by atoms with Crippen molar-refractivity contribution in [1.82, 2.24) is 5.73 Å². The van der Waals surface area contributed by atoms with Gasteiger partial charge in [-0.2, -0.15) is 0 Å². The lowest BCUT2D eigenvalue weighted by Gasteiger charge is -2.07. The summed E-state index contributed by atoms with van der Waals surface area (Å²) in [7, 11) is 0. The van der Waals surface area contributed by atoms with Crippen molar-refractivity contribution in [2.45, 2.75) is 19.4 Å². The predicted molar refractivity (Wildman–Crippen MR) is 67.9 cm³/mol. The van der Waals surface area contributed by atoms with E-state index in [4.69, 9.17) is 5.73 Å². The fourth-order valence-corrected chi connectivity index (χ4v) is 2.45. The largest absolute Gasteiger partial charge is 0.254 e. The third-order valence-electron chi connectivity index (χ3n) is 2.41. The van der Waals surface area contributed by atoms with Crippen LogP contribution in [0.2, 0.25) is 0 Å². The van der Waals surface area contributed by atoms with Gasteiger partial charge in [0.2, 0.25) is 0 Å². The van der Waals surface area contributed by atoms with Gasteiger partial charge in [0, 0.05) is 10.5 Å². The summed E-state index contributed by atoms with van der Waals surface area (Å²) < 4.78 is 1.12. The van der Waals surface area contributed by atoms with Crippen LogP contribution in [0.15, 0.2) is 40.9 Å². The lowest BCUT2D eigenvalue weighted by atomic mass is 10.0. The van der Waals surface area contributed by atoms with Gasteiger partial charge in [0.15, 0.2) is 0 Å². The Morgan fingerprint density at radius 1 is 1.27 bits per heavy atom. The smallest absolute Gasteiger partial charge is 0.0256 e. The zero-order valence-corrected chi connectivity index (χ0v) is 10.2. The Hall–Kier alpha value is -0.860. The highest BCUT2D eigenvalue weighted by molar-refractivity contribution is 9.10. The van der Waals surface area contributed by atoms with Crippen LogP contribution in [0, 0.1) is 0 Å². The van der Waals surface area contributed by atoms with Crippen molar-refractivity contribution < 1.29 is 0 Å². The van der Waals surface area contributed by atoms with E-state index in [0.717, 1.165) is 10.9 Å². The molecule has 2 aromatic carbocycles. The lowest BCUT2D eigenvalue weighted by molar-refractivity contribution is 0.715. The third-order valence-corrected chi connectivity index (χ3v) is 3.07. The van der Waals surface area contributed by atoms with E-state index in [-0.39, 0.29) is 6.04 Å². The van der Waals surface area contributed by atoms with Gasteiger partial charge >= 0.3 is 0 Å². The first-order valence-electron chi connectivity index (χ1n) is 5.05. The van der Waals surface area contributed by atoms with Gasteiger partial charge in [-0.15, -0.1) is 0 Å². The SMILES string of the molecule is CC([NH])Cc1cc(Br)c2ccccc2c1. The molecule has 1 N–H and O–H groups in total. The van der Waals surface area contributed by atoms with Gasteiger partial charge in [-0.1, -0.05) is 46.3 Å². The van der Waals surface area contributed by atoms with Crippen LogP contribution < -0.4 is 5.73 Å². The van der Waals surface area contributed by atoms with Crippen LogP contribution in [0.3, 0.4) is 0 Å². The minimum atomic E-state index is -0.0435. The average molecular weight is 263 g/mol. The molecule has 0 aliphatic carbocycles. The van der Waals surface area contributed by atoms with Gasteiger partial charge in [0.25, 0.3) is 0 Å². The molecule has 2 heteroatoms. The summed E-state index contributed by atoms with van der Waals surface area (Å²) in [5.74, 6) is 0. The Bertz CT molecular complexity index is 477. The van der Waals surface area contributed by atoms with E-state index in [2.05, 4.69) is 40.2 Å². The maximum atomic E-state index is 7.58. The topological polar surface area (TPSA) is 23.8 Å². The van der Waals surface area contributed by atoms with Gasteiger partial charge in [-0.05, 0) is 35.7 Å². The van der Waals surface area contributed by atoms with Crippen LogP contribution >= 0.6 is 15.9 Å². The van der Waals surface area contributed by atoms with E-state index in [1.54, 1.807) is 0 Å². The summed E-state index contributed by atoms with van der Waals surface area (Å²) in [6.07, 6.45) is 0.809. The molecule has 1 atom stereocenters. The molecule has 77 valence electrons. The molecule has 0 aromatic heterocycles. The Balaban J connectivity index is 2.52. The van der Waals surface area contributed by atoms with Crippen LogP contribution in [0.5, 0.6) is 0 Å². The summed E-state index contributed by atoms with van der Waals surface area (Å²) in [6, 6.07) is 12.5. The van der Waals surface area contributed by atoms with Gasteiger partial charge in [-0.3, -0.25) is 5.73 Å². The monoisotopic (exact) mass is 262 g/mol. The van der Waals surface area contributed by atoms with Crippen LogP contribution in [0.1, 0.15) is 12.5 Å². The van der Waals surface area contributed by atoms with Gasteiger partial charge in [-0.25, -0.2) is 0 Å². The van der Waals surface area contributed by atoms with Gasteiger partial charge in [0.05, 0.1) is 0 Å². The van der Waals surface area contributed by atoms with Crippen molar-refractivity contribution in [3.63, 3.8) is 0 Å². The van der Waals surface area contributed by atoms with Crippen LogP contribution in [0.4, 0.5) is 0 Å². The van der Waals surface area contributed by atoms with E-state index >= 15 is 0 Å². The van der Waals surface area contributed by atoms with Crippen molar-refractivity contribution in [3.05, 3.63) is 46.4 Å². The summed E-state index contributed by atoms with van der Waals surface area (Å²) in [5, 5.41) is 2.47. The molecule has 1 nitrogen and oxygen atoms in total. The molecular formula is C13H13BrN. The quantitative estimate of drug-likeness (QED) is 0.786. The summed E-state index contributed by atoms with van der Waals surface area (Å²) in [4.78, 5) is 0. The number of fused-ring (bicyclic) bond motifs is 1. The Labute approximate surface area is 98.4 Å². The molecule has 0 bridgehead atoms. The zero-order chi connectivity index (χ0) is 10.8. The number of hydrogen-bond donors (Lipinski definition) is 0. The molecule has 2 rings (SSSR count). The summed E-state index contributed by atoms with van der Waals surface area (Å²) >= 11 is 3.58. The Kier molecular flexibility index (Phi) is 3.08. The van der Waals surface area contributed by atoms with E-state index in [0.29, 0.717) is 0 Å². The molecule has 0 heterocycles. The van der Waals surface area contributed by atoms with E-state index < -0.39 is 0 Å². The number of rotatable bonds is 2. The molecule has 0 amide bonds. The van der Waals surface area contributed by atoms with Gasteiger partial charge < -0.3 is 0 Å². The summed E-state index contributed by atoms with van der Waals surface area (Å²) in [5.41, 5.74) is 8.80. The minimum absolute atomic E-state index is 0.0435. The second kappa shape index (κ2) is 4.33. The number of hydrogen-bond acceptors (Lipinski definition) is 0. The van der Waals surface area contributed by atoms with Crippen molar-refractivity contribution >= 4 is 26.7 Å². The molecule has 2 aromatic rings. The molecule has 0 fully saturated rings. The number of nitrogens with one attached hydrogen (secondary N) is 1. The fourth-order valence-electron chi connectivity index (χ4n) is 1.79. The molecule has 0 saturated carbocycles. The highest BCUT2D eigenvalue weighted by atomic mass is 79.9. The van der Waals surface area contributed by atoms with Crippen molar-refractivity contribution in [2.24, 2.45) is 0 Å². The predicted octanol–water partition coefficient (Wildman–Crippen LogP) is 3.82. The minimum Gasteiger partial charge on any atom is -0.254 e. The maximum Gasteiger partial charge on any atom is 0.0256 e. The molecule has 1 unspecified atom stereocenters. The number of halogens is 1. The summed E-state index contributed by atoms with van der Waals surface area (Å²) in [6.45, 7) is 1.92. The van der Waals surface area contributed by atoms with E-state index in [1.807, 2.05) is 19.1 Å². The molecule has 0 saturated heterocycles. The van der Waals surface area contributed by atoms with E-state index in [9.17, 15) is 0 Å². The Morgan fingerprint density at radius 3 is 2.73 bits per heavy atom. The van der Waals surface area contributed by atoms with Crippen molar-refractivity contribution in [1.29, 1.82) is 0 Å². The number of benzene rings is 2. The second-order valence-corrected chi connectivity index (χ2v) is 4.76. The molecule has 1 radical (unpaired) electrons. The van der Waals surface area contributed by atoms with Crippen LogP contribution in [0.25, 0.3) is 10.8 Å². The molecular weight excluding hydrogens is 250 g/mol.